The largest absolute Gasteiger partial charge is 0.314 e. The van der Waals surface area contributed by atoms with Crippen molar-refractivity contribution >= 4 is 27.3 Å². The highest BCUT2D eigenvalue weighted by molar-refractivity contribution is 9.11. The van der Waals surface area contributed by atoms with Gasteiger partial charge >= 0.3 is 0 Å². The molecule has 1 aliphatic heterocycles. The van der Waals surface area contributed by atoms with Crippen molar-refractivity contribution in [1.82, 2.24) is 10.2 Å². The van der Waals surface area contributed by atoms with Crippen LogP contribution in [0.1, 0.15) is 43.0 Å². The van der Waals surface area contributed by atoms with E-state index in [0.29, 0.717) is 6.04 Å². The first-order chi connectivity index (χ1) is 9.24. The Morgan fingerprint density at radius 1 is 1.32 bits per heavy atom. The highest BCUT2D eigenvalue weighted by Crippen LogP contribution is 2.38. The Hall–Kier alpha value is 0.1000. The van der Waals surface area contributed by atoms with Crippen molar-refractivity contribution in [2.24, 2.45) is 5.92 Å². The molecule has 1 saturated heterocycles. The molecule has 1 aromatic heterocycles. The molecule has 1 N–H and O–H groups in total. The van der Waals surface area contributed by atoms with Crippen LogP contribution in [0.15, 0.2) is 15.9 Å². The molecule has 0 aromatic carbocycles. The van der Waals surface area contributed by atoms with Gasteiger partial charge < -0.3 is 5.32 Å². The van der Waals surface area contributed by atoms with Crippen LogP contribution in [0.5, 0.6) is 0 Å². The van der Waals surface area contributed by atoms with E-state index in [1.807, 2.05) is 11.3 Å². The lowest BCUT2D eigenvalue weighted by atomic mass is 9.93. The third-order valence-corrected chi connectivity index (χ3v) is 6.08. The molecule has 2 atom stereocenters. The molecule has 2 nitrogen and oxygen atoms in total. The van der Waals surface area contributed by atoms with E-state index in [2.05, 4.69) is 45.3 Å². The summed E-state index contributed by atoms with van der Waals surface area (Å²) in [5.41, 5.74) is 0. The number of thiophene rings is 1. The molecule has 3 rings (SSSR count). The van der Waals surface area contributed by atoms with E-state index in [9.17, 15) is 0 Å². The molecule has 19 heavy (non-hydrogen) atoms. The zero-order valence-electron chi connectivity index (χ0n) is 11.6. The average Bonchev–Trinajstić information content (AvgIpc) is 3.15. The summed E-state index contributed by atoms with van der Waals surface area (Å²) in [6, 6.07) is 5.93. The van der Waals surface area contributed by atoms with Crippen LogP contribution in [-0.4, -0.2) is 31.1 Å². The van der Waals surface area contributed by atoms with Gasteiger partial charge in [0.2, 0.25) is 0 Å². The van der Waals surface area contributed by atoms with Gasteiger partial charge in [-0.05, 0) is 73.3 Å². The van der Waals surface area contributed by atoms with Crippen molar-refractivity contribution in [3.63, 3.8) is 0 Å². The van der Waals surface area contributed by atoms with Crippen molar-refractivity contribution in [2.75, 3.05) is 20.1 Å². The molecular formula is C15H23BrN2S. The van der Waals surface area contributed by atoms with Crippen molar-refractivity contribution < 1.29 is 0 Å². The van der Waals surface area contributed by atoms with Crippen LogP contribution in [0.3, 0.4) is 0 Å². The smallest absolute Gasteiger partial charge is 0.0701 e. The topological polar surface area (TPSA) is 15.3 Å². The molecule has 0 amide bonds. The van der Waals surface area contributed by atoms with E-state index < -0.39 is 0 Å². The highest BCUT2D eigenvalue weighted by Gasteiger charge is 2.31. The molecule has 0 bridgehead atoms. The maximum atomic E-state index is 3.75. The molecule has 2 heterocycles. The van der Waals surface area contributed by atoms with E-state index in [1.54, 1.807) is 0 Å². The van der Waals surface area contributed by atoms with Gasteiger partial charge in [0.25, 0.3) is 0 Å². The second-order valence-electron chi connectivity index (χ2n) is 6.01. The number of likely N-dealkylation sites (tertiary alicyclic amines) is 1. The van der Waals surface area contributed by atoms with Gasteiger partial charge in [0, 0.05) is 23.5 Å². The van der Waals surface area contributed by atoms with Gasteiger partial charge in [-0.25, -0.2) is 0 Å². The number of hydrogen-bond donors (Lipinski definition) is 1. The predicted molar refractivity (Wildman–Crippen MR) is 85.8 cm³/mol. The molecule has 0 radical (unpaired) electrons. The van der Waals surface area contributed by atoms with Gasteiger partial charge in [-0.15, -0.1) is 11.3 Å². The molecule has 4 heteroatoms. The maximum absolute atomic E-state index is 3.75. The van der Waals surface area contributed by atoms with Crippen LogP contribution in [-0.2, 0) is 0 Å². The maximum Gasteiger partial charge on any atom is 0.0701 e. The van der Waals surface area contributed by atoms with Gasteiger partial charge in [0.05, 0.1) is 3.79 Å². The van der Waals surface area contributed by atoms with Crippen LogP contribution in [0.4, 0.5) is 0 Å². The van der Waals surface area contributed by atoms with Crippen molar-refractivity contribution in [3.05, 3.63) is 20.8 Å². The van der Waals surface area contributed by atoms with Crippen LogP contribution >= 0.6 is 27.3 Å². The SMILES string of the molecule is CN1CCCCC(CNC2CC2)C1c1ccc(Br)s1. The molecule has 1 saturated carbocycles. The normalized spacial score (nSPS) is 29.4. The minimum Gasteiger partial charge on any atom is -0.314 e. The Morgan fingerprint density at radius 3 is 2.84 bits per heavy atom. The van der Waals surface area contributed by atoms with Crippen molar-refractivity contribution in [1.29, 1.82) is 0 Å². The number of nitrogens with one attached hydrogen (secondary N) is 1. The Bertz CT molecular complexity index is 416. The summed E-state index contributed by atoms with van der Waals surface area (Å²) >= 11 is 5.52. The number of nitrogens with zero attached hydrogens (tertiary/aromatic N) is 1. The van der Waals surface area contributed by atoms with E-state index in [-0.39, 0.29) is 0 Å². The van der Waals surface area contributed by atoms with Crippen molar-refractivity contribution in [3.8, 4) is 0 Å². The fourth-order valence-corrected chi connectivity index (χ4v) is 4.86. The number of hydrogen-bond acceptors (Lipinski definition) is 3. The fourth-order valence-electron chi connectivity index (χ4n) is 3.18. The second kappa shape index (κ2) is 6.25. The third-order valence-electron chi connectivity index (χ3n) is 4.39. The summed E-state index contributed by atoms with van der Waals surface area (Å²) in [7, 11) is 2.30. The van der Waals surface area contributed by atoms with Crippen molar-refractivity contribution in [2.45, 2.75) is 44.2 Å². The van der Waals surface area contributed by atoms with Crippen LogP contribution < -0.4 is 5.32 Å². The molecule has 2 aliphatic rings. The molecule has 2 unspecified atom stereocenters. The molecular weight excluding hydrogens is 320 g/mol. The summed E-state index contributed by atoms with van der Waals surface area (Å²) in [5, 5.41) is 3.75. The predicted octanol–water partition coefficient (Wildman–Crippen LogP) is 4.04. The standard InChI is InChI=1S/C15H23BrN2S/c1-18-9-3-2-4-11(10-17-12-5-6-12)15(18)13-7-8-14(16)19-13/h7-8,11-12,15,17H,2-6,9-10H2,1H3. The Balaban J connectivity index is 1.75. The quantitative estimate of drug-likeness (QED) is 0.888. The number of rotatable bonds is 4. The summed E-state index contributed by atoms with van der Waals surface area (Å²) in [6.07, 6.45) is 6.86. The van der Waals surface area contributed by atoms with Crippen LogP contribution in [0.25, 0.3) is 0 Å². The van der Waals surface area contributed by atoms with E-state index in [0.717, 1.165) is 12.0 Å². The lowest BCUT2D eigenvalue weighted by Gasteiger charge is -2.32. The lowest BCUT2D eigenvalue weighted by molar-refractivity contribution is 0.192. The van der Waals surface area contributed by atoms with Gasteiger partial charge in [-0.2, -0.15) is 0 Å². The Morgan fingerprint density at radius 2 is 2.16 bits per heavy atom. The fraction of sp³-hybridized carbons (Fsp3) is 0.733. The monoisotopic (exact) mass is 342 g/mol. The minimum absolute atomic E-state index is 0.602. The third kappa shape index (κ3) is 3.60. The van der Waals surface area contributed by atoms with E-state index in [1.165, 1.54) is 53.9 Å². The first-order valence-electron chi connectivity index (χ1n) is 7.43. The molecule has 1 aromatic rings. The first-order valence-corrected chi connectivity index (χ1v) is 9.04. The Labute approximate surface area is 128 Å². The van der Waals surface area contributed by atoms with E-state index >= 15 is 0 Å². The zero-order chi connectivity index (χ0) is 13.2. The minimum atomic E-state index is 0.602. The highest BCUT2D eigenvalue weighted by atomic mass is 79.9. The Kier molecular flexibility index (Phi) is 4.62. The number of halogens is 1. The van der Waals surface area contributed by atoms with Gasteiger partial charge in [0.15, 0.2) is 0 Å². The summed E-state index contributed by atoms with van der Waals surface area (Å²) < 4.78 is 1.26. The molecule has 2 fully saturated rings. The molecule has 1 aliphatic carbocycles. The van der Waals surface area contributed by atoms with E-state index in [4.69, 9.17) is 0 Å². The zero-order valence-corrected chi connectivity index (χ0v) is 14.0. The molecule has 106 valence electrons. The second-order valence-corrected chi connectivity index (χ2v) is 8.50. The average molecular weight is 343 g/mol. The van der Waals surface area contributed by atoms with Gasteiger partial charge in [-0.1, -0.05) is 6.42 Å². The van der Waals surface area contributed by atoms with Crippen LogP contribution in [0, 0.1) is 5.92 Å². The molecule has 0 spiro atoms. The van der Waals surface area contributed by atoms with Crippen LogP contribution in [0.2, 0.25) is 0 Å². The summed E-state index contributed by atoms with van der Waals surface area (Å²) in [6.45, 7) is 2.43. The summed E-state index contributed by atoms with van der Waals surface area (Å²) in [4.78, 5) is 4.10. The summed E-state index contributed by atoms with van der Waals surface area (Å²) in [5.74, 6) is 0.763. The van der Waals surface area contributed by atoms with Gasteiger partial charge in [-0.3, -0.25) is 4.90 Å². The first kappa shape index (κ1) is 14.1. The van der Waals surface area contributed by atoms with Gasteiger partial charge in [0.1, 0.15) is 0 Å². The lowest BCUT2D eigenvalue weighted by Crippen LogP contribution is -2.35.